The summed E-state index contributed by atoms with van der Waals surface area (Å²) in [7, 11) is 1.43. The molecule has 0 aliphatic heterocycles. The number of hydrogen-bond acceptors (Lipinski definition) is 7. The highest BCUT2D eigenvalue weighted by atomic mass is 19.4. The number of rotatable bonds is 8. The van der Waals surface area contributed by atoms with Crippen LogP contribution in [0.15, 0.2) is 51.7 Å². The summed E-state index contributed by atoms with van der Waals surface area (Å²) < 4.78 is 66.2. The average molecular weight is 452 g/mol. The number of ether oxygens (including phenoxy) is 4. The van der Waals surface area contributed by atoms with Crippen LogP contribution < -0.4 is 19.6 Å². The predicted octanol–water partition coefficient (Wildman–Crippen LogP) is 4.94. The largest absolute Gasteiger partial charge is 0.497 e. The Morgan fingerprint density at radius 1 is 1.03 bits per heavy atom. The van der Waals surface area contributed by atoms with Crippen molar-refractivity contribution >= 4 is 16.9 Å². The Morgan fingerprint density at radius 3 is 2.31 bits per heavy atom. The summed E-state index contributed by atoms with van der Waals surface area (Å²) in [6.07, 6.45) is -4.37. The molecule has 32 heavy (non-hydrogen) atoms. The van der Waals surface area contributed by atoms with Gasteiger partial charge in [0.2, 0.25) is 11.2 Å². The van der Waals surface area contributed by atoms with E-state index in [4.69, 9.17) is 23.4 Å². The van der Waals surface area contributed by atoms with Gasteiger partial charge in [-0.2, -0.15) is 13.2 Å². The Bertz CT molecular complexity index is 1150. The molecule has 0 N–H and O–H groups in total. The second kappa shape index (κ2) is 9.63. The molecular weight excluding hydrogens is 433 g/mol. The molecule has 0 aliphatic rings. The number of esters is 1. The van der Waals surface area contributed by atoms with Gasteiger partial charge in [0.15, 0.2) is 6.61 Å². The van der Waals surface area contributed by atoms with Crippen molar-refractivity contribution in [2.24, 2.45) is 0 Å². The van der Waals surface area contributed by atoms with Crippen molar-refractivity contribution in [1.82, 2.24) is 0 Å². The van der Waals surface area contributed by atoms with Crippen LogP contribution in [0.5, 0.6) is 23.0 Å². The van der Waals surface area contributed by atoms with Gasteiger partial charge in [0.1, 0.15) is 22.8 Å². The zero-order chi connectivity index (χ0) is 23.3. The van der Waals surface area contributed by atoms with E-state index in [1.165, 1.54) is 43.5 Å². The minimum Gasteiger partial charge on any atom is -0.497 e. The van der Waals surface area contributed by atoms with E-state index in [9.17, 15) is 22.8 Å². The van der Waals surface area contributed by atoms with Crippen LogP contribution in [0.1, 0.15) is 19.1 Å². The Labute approximate surface area is 180 Å². The van der Waals surface area contributed by atoms with Gasteiger partial charge in [-0.1, -0.05) is 6.92 Å². The molecule has 7 nitrogen and oxygen atoms in total. The van der Waals surface area contributed by atoms with E-state index in [0.29, 0.717) is 12.2 Å². The number of hydrogen-bond donors (Lipinski definition) is 0. The van der Waals surface area contributed by atoms with Crippen LogP contribution >= 0.6 is 0 Å². The van der Waals surface area contributed by atoms with E-state index in [0.717, 1.165) is 6.07 Å². The molecule has 1 heterocycles. The fourth-order valence-electron chi connectivity index (χ4n) is 2.69. The summed E-state index contributed by atoms with van der Waals surface area (Å²) in [5.41, 5.74) is -1.38. The number of carbonyl (C=O) groups is 1. The van der Waals surface area contributed by atoms with Crippen LogP contribution in [0, 0.1) is 0 Å². The van der Waals surface area contributed by atoms with Crippen LogP contribution in [0.3, 0.4) is 0 Å². The van der Waals surface area contributed by atoms with Crippen LogP contribution in [0.4, 0.5) is 13.2 Å². The van der Waals surface area contributed by atoms with Gasteiger partial charge in [-0.3, -0.25) is 4.79 Å². The lowest BCUT2D eigenvalue weighted by Gasteiger charge is -2.14. The van der Waals surface area contributed by atoms with E-state index in [-0.39, 0.29) is 29.1 Å². The van der Waals surface area contributed by atoms with Crippen LogP contribution in [0.2, 0.25) is 0 Å². The highest BCUT2D eigenvalue weighted by Crippen LogP contribution is 2.38. The van der Waals surface area contributed by atoms with Crippen molar-refractivity contribution in [3.8, 4) is 23.0 Å². The molecule has 2 aromatic carbocycles. The monoisotopic (exact) mass is 452 g/mol. The van der Waals surface area contributed by atoms with Gasteiger partial charge < -0.3 is 23.4 Å². The first-order chi connectivity index (χ1) is 15.2. The van der Waals surface area contributed by atoms with Crippen molar-refractivity contribution < 1.29 is 41.3 Å². The third-order valence-corrected chi connectivity index (χ3v) is 4.18. The summed E-state index contributed by atoms with van der Waals surface area (Å²) in [6.45, 7) is 1.60. The van der Waals surface area contributed by atoms with Gasteiger partial charge >= 0.3 is 12.1 Å². The molecule has 170 valence electrons. The van der Waals surface area contributed by atoms with E-state index in [2.05, 4.69) is 0 Å². The molecule has 0 bridgehead atoms. The first-order valence-corrected chi connectivity index (χ1v) is 9.51. The third-order valence-electron chi connectivity index (χ3n) is 4.18. The second-order valence-electron chi connectivity index (χ2n) is 6.53. The zero-order valence-electron chi connectivity index (χ0n) is 17.2. The molecule has 3 aromatic rings. The quantitative estimate of drug-likeness (QED) is 0.448. The molecule has 0 aliphatic carbocycles. The molecule has 0 amide bonds. The fourth-order valence-corrected chi connectivity index (χ4v) is 2.69. The summed E-state index contributed by atoms with van der Waals surface area (Å²) in [5.74, 6) is -2.73. The summed E-state index contributed by atoms with van der Waals surface area (Å²) in [4.78, 5) is 24.3. The SMILES string of the molecule is CCCOC(=O)COc1ccc2c(=O)c(Oc3ccc(OC)cc3)c(C(F)(F)F)oc2c1. The number of benzene rings is 2. The lowest BCUT2D eigenvalue weighted by molar-refractivity contribution is -0.154. The molecule has 0 spiro atoms. The Balaban J connectivity index is 1.96. The van der Waals surface area contributed by atoms with Crippen molar-refractivity contribution in [1.29, 1.82) is 0 Å². The summed E-state index contributed by atoms with van der Waals surface area (Å²) >= 11 is 0. The maximum Gasteiger partial charge on any atom is 0.453 e. The molecule has 0 saturated carbocycles. The van der Waals surface area contributed by atoms with E-state index in [1.54, 1.807) is 0 Å². The second-order valence-corrected chi connectivity index (χ2v) is 6.53. The van der Waals surface area contributed by atoms with E-state index >= 15 is 0 Å². The normalized spacial score (nSPS) is 11.3. The van der Waals surface area contributed by atoms with Gasteiger partial charge in [0.25, 0.3) is 5.76 Å². The maximum atomic E-state index is 13.6. The van der Waals surface area contributed by atoms with Crippen molar-refractivity contribution in [3.05, 3.63) is 58.4 Å². The van der Waals surface area contributed by atoms with Crippen molar-refractivity contribution in [2.45, 2.75) is 19.5 Å². The zero-order valence-corrected chi connectivity index (χ0v) is 17.2. The van der Waals surface area contributed by atoms with Crippen molar-refractivity contribution in [3.63, 3.8) is 0 Å². The number of alkyl halides is 3. The van der Waals surface area contributed by atoms with Crippen LogP contribution in [0.25, 0.3) is 11.0 Å². The highest BCUT2D eigenvalue weighted by Gasteiger charge is 2.40. The van der Waals surface area contributed by atoms with Crippen LogP contribution in [-0.2, 0) is 15.7 Å². The highest BCUT2D eigenvalue weighted by molar-refractivity contribution is 5.80. The van der Waals surface area contributed by atoms with E-state index in [1.807, 2.05) is 6.92 Å². The Hall–Kier alpha value is -3.69. The topological polar surface area (TPSA) is 84.2 Å². The summed E-state index contributed by atoms with van der Waals surface area (Å²) in [6, 6.07) is 9.32. The lowest BCUT2D eigenvalue weighted by atomic mass is 10.2. The van der Waals surface area contributed by atoms with Crippen molar-refractivity contribution in [2.75, 3.05) is 20.3 Å². The fraction of sp³-hybridized carbons (Fsp3) is 0.273. The number of methoxy groups -OCH3 is 1. The van der Waals surface area contributed by atoms with Crippen LogP contribution in [-0.4, -0.2) is 26.3 Å². The van der Waals surface area contributed by atoms with Gasteiger partial charge in [0.05, 0.1) is 19.1 Å². The average Bonchev–Trinajstić information content (AvgIpc) is 2.77. The molecule has 0 fully saturated rings. The number of halogens is 3. The third kappa shape index (κ3) is 5.32. The lowest BCUT2D eigenvalue weighted by Crippen LogP contribution is -2.16. The minimum absolute atomic E-state index is 0.00602. The van der Waals surface area contributed by atoms with Gasteiger partial charge in [-0.15, -0.1) is 0 Å². The van der Waals surface area contributed by atoms with Gasteiger partial charge in [-0.25, -0.2) is 4.79 Å². The molecule has 0 unspecified atom stereocenters. The Kier molecular flexibility index (Phi) is 6.92. The predicted molar refractivity (Wildman–Crippen MR) is 107 cm³/mol. The van der Waals surface area contributed by atoms with Gasteiger partial charge in [-0.05, 0) is 42.8 Å². The first-order valence-electron chi connectivity index (χ1n) is 9.51. The maximum absolute atomic E-state index is 13.6. The number of fused-ring (bicyclic) bond motifs is 1. The molecule has 1 aromatic heterocycles. The Morgan fingerprint density at radius 2 is 1.69 bits per heavy atom. The minimum atomic E-state index is -5.00. The smallest absolute Gasteiger partial charge is 0.453 e. The van der Waals surface area contributed by atoms with E-state index < -0.39 is 35.7 Å². The molecule has 0 saturated heterocycles. The van der Waals surface area contributed by atoms with Gasteiger partial charge in [0, 0.05) is 6.07 Å². The number of carbonyl (C=O) groups excluding carboxylic acids is 1. The standard InChI is InChI=1S/C22H19F3O7/c1-3-10-29-18(26)12-30-15-8-9-16-17(11-15)32-21(22(23,24)25)20(19(16)27)31-14-6-4-13(28-2)5-7-14/h4-9,11H,3,10,12H2,1-2H3. The molecular formula is C22H19F3O7. The summed E-state index contributed by atoms with van der Waals surface area (Å²) in [5, 5.41) is -0.151. The molecule has 0 radical (unpaired) electrons. The molecule has 0 atom stereocenters. The first kappa shape index (κ1) is 23.0. The molecule has 10 heteroatoms. The molecule has 3 rings (SSSR count).